The normalized spacial score (nSPS) is 10.4. The SMILES string of the molecule is NC(=O)c1ccc(F)cc1.OCCc1nc(-c2nccc3ccccc23)no1. The van der Waals surface area contributed by atoms with Gasteiger partial charge in [0.1, 0.15) is 11.5 Å². The summed E-state index contributed by atoms with van der Waals surface area (Å²) >= 11 is 0. The van der Waals surface area contributed by atoms with Gasteiger partial charge in [0.15, 0.2) is 0 Å². The highest BCUT2D eigenvalue weighted by Gasteiger charge is 2.12. The Morgan fingerprint density at radius 2 is 1.86 bits per heavy atom. The maximum Gasteiger partial charge on any atom is 0.248 e. The minimum atomic E-state index is -0.542. The van der Waals surface area contributed by atoms with Gasteiger partial charge in [-0.3, -0.25) is 9.78 Å². The van der Waals surface area contributed by atoms with Gasteiger partial charge in [-0.25, -0.2) is 4.39 Å². The number of hydrogen-bond acceptors (Lipinski definition) is 6. The Labute approximate surface area is 159 Å². The molecule has 7 nitrogen and oxygen atoms in total. The van der Waals surface area contributed by atoms with Gasteiger partial charge >= 0.3 is 0 Å². The van der Waals surface area contributed by atoms with Gasteiger partial charge in [0, 0.05) is 17.1 Å². The number of halogens is 1. The zero-order valence-electron chi connectivity index (χ0n) is 14.7. The molecule has 0 spiro atoms. The molecule has 0 aliphatic carbocycles. The van der Waals surface area contributed by atoms with Gasteiger partial charge < -0.3 is 15.4 Å². The number of nitrogens with zero attached hydrogens (tertiary/aromatic N) is 3. The smallest absolute Gasteiger partial charge is 0.248 e. The summed E-state index contributed by atoms with van der Waals surface area (Å²) < 4.78 is 17.2. The first-order valence-electron chi connectivity index (χ1n) is 8.41. The topological polar surface area (TPSA) is 115 Å². The van der Waals surface area contributed by atoms with Crippen molar-refractivity contribution in [2.24, 2.45) is 5.73 Å². The summed E-state index contributed by atoms with van der Waals surface area (Å²) in [4.78, 5) is 18.9. The van der Waals surface area contributed by atoms with Gasteiger partial charge in [0.25, 0.3) is 0 Å². The number of benzene rings is 2. The van der Waals surface area contributed by atoms with Gasteiger partial charge in [-0.15, -0.1) is 0 Å². The number of nitrogens with two attached hydrogens (primary N) is 1. The summed E-state index contributed by atoms with van der Waals surface area (Å²) in [6.45, 7) is -0.00933. The molecule has 0 fully saturated rings. The molecule has 142 valence electrons. The predicted octanol–water partition coefficient (Wildman–Crippen LogP) is 2.74. The molecule has 8 heteroatoms. The largest absolute Gasteiger partial charge is 0.396 e. The average Bonchev–Trinajstić information content (AvgIpc) is 3.17. The van der Waals surface area contributed by atoms with E-state index in [1.807, 2.05) is 30.3 Å². The molecule has 1 amide bonds. The number of primary amides is 1. The first-order chi connectivity index (χ1) is 13.6. The Bertz CT molecular complexity index is 1070. The zero-order chi connectivity index (χ0) is 19.9. The van der Waals surface area contributed by atoms with Crippen LogP contribution < -0.4 is 5.73 Å². The minimum Gasteiger partial charge on any atom is -0.396 e. The molecule has 28 heavy (non-hydrogen) atoms. The van der Waals surface area contributed by atoms with Gasteiger partial charge in [0.05, 0.1) is 13.0 Å². The lowest BCUT2D eigenvalue weighted by molar-refractivity contribution is 0.1000. The van der Waals surface area contributed by atoms with Crippen LogP contribution in [0.4, 0.5) is 4.39 Å². The van der Waals surface area contributed by atoms with Crippen molar-refractivity contribution < 1.29 is 18.8 Å². The third kappa shape index (κ3) is 4.54. The second kappa shape index (κ2) is 8.83. The number of rotatable bonds is 4. The van der Waals surface area contributed by atoms with Crippen LogP contribution in [0.15, 0.2) is 65.3 Å². The maximum absolute atomic E-state index is 12.2. The van der Waals surface area contributed by atoms with Crippen molar-refractivity contribution in [1.82, 2.24) is 15.1 Å². The van der Waals surface area contributed by atoms with Crippen LogP contribution in [0.2, 0.25) is 0 Å². The number of fused-ring (bicyclic) bond motifs is 1. The Morgan fingerprint density at radius 1 is 1.11 bits per heavy atom. The van der Waals surface area contributed by atoms with E-state index in [4.69, 9.17) is 15.4 Å². The number of carbonyl (C=O) groups is 1. The Kier molecular flexibility index (Phi) is 6.03. The quantitative estimate of drug-likeness (QED) is 0.562. The number of carbonyl (C=O) groups excluding carboxylic acids is 1. The molecule has 0 unspecified atom stereocenters. The fraction of sp³-hybridized carbons (Fsp3) is 0.100. The fourth-order valence-electron chi connectivity index (χ4n) is 2.46. The first kappa shape index (κ1) is 19.1. The van der Waals surface area contributed by atoms with E-state index < -0.39 is 5.91 Å². The van der Waals surface area contributed by atoms with E-state index in [9.17, 15) is 9.18 Å². The predicted molar refractivity (Wildman–Crippen MR) is 101 cm³/mol. The Balaban J connectivity index is 0.000000192. The van der Waals surface area contributed by atoms with Gasteiger partial charge in [-0.2, -0.15) is 4.98 Å². The van der Waals surface area contributed by atoms with E-state index in [0.29, 0.717) is 29.4 Å². The van der Waals surface area contributed by atoms with Gasteiger partial charge in [0.2, 0.25) is 17.6 Å². The Morgan fingerprint density at radius 3 is 2.57 bits per heavy atom. The third-order valence-electron chi connectivity index (χ3n) is 3.81. The number of pyridine rings is 1. The first-order valence-corrected chi connectivity index (χ1v) is 8.41. The van der Waals surface area contributed by atoms with E-state index in [1.165, 1.54) is 24.3 Å². The molecule has 2 heterocycles. The molecular weight excluding hydrogens is 363 g/mol. The second-order valence-electron chi connectivity index (χ2n) is 5.74. The van der Waals surface area contributed by atoms with Crippen LogP contribution in [-0.4, -0.2) is 32.7 Å². The number of amides is 1. The van der Waals surface area contributed by atoms with E-state index in [1.54, 1.807) is 6.20 Å². The van der Waals surface area contributed by atoms with Crippen molar-refractivity contribution >= 4 is 16.7 Å². The van der Waals surface area contributed by atoms with E-state index in [0.717, 1.165) is 10.8 Å². The van der Waals surface area contributed by atoms with E-state index in [2.05, 4.69) is 15.1 Å². The lowest BCUT2D eigenvalue weighted by atomic mass is 10.1. The van der Waals surface area contributed by atoms with Crippen molar-refractivity contribution in [3.05, 3.63) is 78.1 Å². The monoisotopic (exact) mass is 380 g/mol. The molecule has 3 N–H and O–H groups in total. The second-order valence-corrected chi connectivity index (χ2v) is 5.74. The highest BCUT2D eigenvalue weighted by atomic mass is 19.1. The van der Waals surface area contributed by atoms with Gasteiger partial charge in [-0.1, -0.05) is 29.4 Å². The van der Waals surface area contributed by atoms with Gasteiger partial charge in [-0.05, 0) is 35.7 Å². The van der Waals surface area contributed by atoms with E-state index >= 15 is 0 Å². The lowest BCUT2D eigenvalue weighted by Crippen LogP contribution is -2.10. The summed E-state index contributed by atoms with van der Waals surface area (Å²) in [6.07, 6.45) is 2.08. The van der Waals surface area contributed by atoms with Crippen molar-refractivity contribution in [3.63, 3.8) is 0 Å². The molecule has 0 bridgehead atoms. The van der Waals surface area contributed by atoms with Crippen molar-refractivity contribution in [3.8, 4) is 11.5 Å². The van der Waals surface area contributed by atoms with Crippen LogP contribution in [-0.2, 0) is 6.42 Å². The zero-order valence-corrected chi connectivity index (χ0v) is 14.7. The maximum atomic E-state index is 12.2. The fourth-order valence-corrected chi connectivity index (χ4v) is 2.46. The molecule has 0 radical (unpaired) electrons. The Hall–Kier alpha value is -3.65. The summed E-state index contributed by atoms with van der Waals surface area (Å²) in [5.74, 6) is -0.0394. The standard InChI is InChI=1S/C13H11N3O2.C7H6FNO/c17-8-6-11-15-13(16-18-11)12-10-4-2-1-3-9(10)5-7-14-12;8-6-3-1-5(2-4-6)7(9)10/h1-5,7,17H,6,8H2;1-4H,(H2,9,10). The molecule has 2 aromatic heterocycles. The van der Waals surface area contributed by atoms with Crippen molar-refractivity contribution in [2.45, 2.75) is 6.42 Å². The summed E-state index contributed by atoms with van der Waals surface area (Å²) in [5, 5.41) is 14.8. The molecule has 2 aromatic carbocycles. The molecule has 0 saturated carbocycles. The molecule has 0 aliphatic rings. The van der Waals surface area contributed by atoms with Crippen LogP contribution >= 0.6 is 0 Å². The number of aliphatic hydroxyl groups is 1. The van der Waals surface area contributed by atoms with Crippen LogP contribution in [0.3, 0.4) is 0 Å². The minimum absolute atomic E-state index is 0.00933. The molecule has 4 rings (SSSR count). The molecular formula is C20H17FN4O3. The van der Waals surface area contributed by atoms with Crippen LogP contribution in [0.1, 0.15) is 16.2 Å². The van der Waals surface area contributed by atoms with Crippen molar-refractivity contribution in [1.29, 1.82) is 0 Å². The highest BCUT2D eigenvalue weighted by Crippen LogP contribution is 2.23. The molecule has 0 saturated heterocycles. The third-order valence-corrected chi connectivity index (χ3v) is 3.81. The molecule has 0 aliphatic heterocycles. The highest BCUT2D eigenvalue weighted by molar-refractivity contribution is 5.93. The average molecular weight is 380 g/mol. The molecule has 0 atom stereocenters. The number of aliphatic hydroxyl groups excluding tert-OH is 1. The number of hydrogen-bond donors (Lipinski definition) is 2. The van der Waals surface area contributed by atoms with Crippen LogP contribution in [0, 0.1) is 5.82 Å². The molecule has 4 aromatic rings. The van der Waals surface area contributed by atoms with Crippen LogP contribution in [0.25, 0.3) is 22.3 Å². The van der Waals surface area contributed by atoms with Crippen LogP contribution in [0.5, 0.6) is 0 Å². The van der Waals surface area contributed by atoms with Crippen molar-refractivity contribution in [2.75, 3.05) is 6.61 Å². The van der Waals surface area contributed by atoms with E-state index in [-0.39, 0.29) is 12.4 Å². The summed E-state index contributed by atoms with van der Waals surface area (Å²) in [6, 6.07) is 14.9. The summed E-state index contributed by atoms with van der Waals surface area (Å²) in [5.41, 5.74) is 5.92. The summed E-state index contributed by atoms with van der Waals surface area (Å²) in [7, 11) is 0. The lowest BCUT2D eigenvalue weighted by Gasteiger charge is -2.00. The number of aromatic nitrogens is 3.